The lowest BCUT2D eigenvalue weighted by atomic mass is 10.1. The first-order valence-electron chi connectivity index (χ1n) is 10.6. The van der Waals surface area contributed by atoms with Gasteiger partial charge in [-0.25, -0.2) is 12.8 Å². The van der Waals surface area contributed by atoms with Gasteiger partial charge < -0.3 is 10.1 Å². The molecule has 0 radical (unpaired) electrons. The summed E-state index contributed by atoms with van der Waals surface area (Å²) in [5.41, 5.74) is 2.23. The predicted octanol–water partition coefficient (Wildman–Crippen LogP) is 4.09. The number of hydrogen-bond donors (Lipinski definition) is 1. The fraction of sp³-hybridized carbons (Fsp3) is 0.240. The smallest absolute Gasteiger partial charge is 0.264 e. The molecule has 0 heterocycles. The highest BCUT2D eigenvalue weighted by Gasteiger charge is 2.27. The highest BCUT2D eigenvalue weighted by Crippen LogP contribution is 2.25. The SMILES string of the molecule is CCOc1ccc(S(=O)(=O)N(CC(=O)NCCc2ccc(F)cc2)c2ccc(C)cc2)cc1. The van der Waals surface area contributed by atoms with Crippen LogP contribution in [-0.4, -0.2) is 34.0 Å². The molecule has 3 aromatic carbocycles. The number of nitrogens with one attached hydrogen (secondary N) is 1. The Morgan fingerprint density at radius 1 is 0.970 bits per heavy atom. The van der Waals surface area contributed by atoms with Gasteiger partial charge >= 0.3 is 0 Å². The van der Waals surface area contributed by atoms with E-state index in [9.17, 15) is 17.6 Å². The number of carbonyl (C=O) groups excluding carboxylic acids is 1. The molecule has 1 amide bonds. The molecule has 8 heteroatoms. The molecule has 0 aliphatic heterocycles. The summed E-state index contributed by atoms with van der Waals surface area (Å²) in [6.45, 7) is 4.15. The van der Waals surface area contributed by atoms with Crippen LogP contribution in [0.4, 0.5) is 10.1 Å². The topological polar surface area (TPSA) is 75.7 Å². The molecule has 1 N–H and O–H groups in total. The Labute approximate surface area is 194 Å². The van der Waals surface area contributed by atoms with E-state index in [0.717, 1.165) is 15.4 Å². The van der Waals surface area contributed by atoms with Crippen molar-refractivity contribution in [3.8, 4) is 5.75 Å². The molecule has 0 spiro atoms. The van der Waals surface area contributed by atoms with E-state index in [4.69, 9.17) is 4.74 Å². The van der Waals surface area contributed by atoms with E-state index >= 15 is 0 Å². The maximum Gasteiger partial charge on any atom is 0.264 e. The standard InChI is InChI=1S/C25H27FN2O4S/c1-3-32-23-12-14-24(15-13-23)33(30,31)28(22-10-4-19(2)5-11-22)18-25(29)27-17-16-20-6-8-21(26)9-7-20/h4-15H,3,16-18H2,1-2H3,(H,27,29). The van der Waals surface area contributed by atoms with Gasteiger partial charge in [0.05, 0.1) is 17.2 Å². The van der Waals surface area contributed by atoms with Crippen molar-refractivity contribution in [1.29, 1.82) is 0 Å². The average molecular weight is 471 g/mol. The van der Waals surface area contributed by atoms with Gasteiger partial charge in [0.2, 0.25) is 5.91 Å². The predicted molar refractivity (Wildman–Crippen MR) is 126 cm³/mol. The third-order valence-corrected chi connectivity index (χ3v) is 6.77. The number of hydrogen-bond acceptors (Lipinski definition) is 4. The van der Waals surface area contributed by atoms with E-state index in [1.807, 2.05) is 13.8 Å². The summed E-state index contributed by atoms with van der Waals surface area (Å²) in [5, 5.41) is 2.75. The van der Waals surface area contributed by atoms with Gasteiger partial charge in [-0.2, -0.15) is 0 Å². The highest BCUT2D eigenvalue weighted by molar-refractivity contribution is 7.92. The molecule has 33 heavy (non-hydrogen) atoms. The molecule has 0 saturated carbocycles. The Bertz CT molecular complexity index is 1160. The van der Waals surface area contributed by atoms with Crippen LogP contribution < -0.4 is 14.4 Å². The van der Waals surface area contributed by atoms with E-state index in [1.54, 1.807) is 48.5 Å². The second-order valence-corrected chi connectivity index (χ2v) is 9.34. The van der Waals surface area contributed by atoms with Crippen LogP contribution in [0.5, 0.6) is 5.75 Å². The van der Waals surface area contributed by atoms with Crippen LogP contribution in [0, 0.1) is 12.7 Å². The van der Waals surface area contributed by atoms with E-state index in [2.05, 4.69) is 5.32 Å². The van der Waals surface area contributed by atoms with Crippen molar-refractivity contribution >= 4 is 21.6 Å². The summed E-state index contributed by atoms with van der Waals surface area (Å²) >= 11 is 0. The molecular formula is C25H27FN2O4S. The van der Waals surface area contributed by atoms with Crippen LogP contribution in [0.15, 0.2) is 77.7 Å². The Balaban J connectivity index is 1.76. The Kier molecular flexibility index (Phi) is 8.06. The number of amides is 1. The summed E-state index contributed by atoms with van der Waals surface area (Å²) in [5.74, 6) is -0.194. The first kappa shape index (κ1) is 24.3. The van der Waals surface area contributed by atoms with Gasteiger partial charge in [0.25, 0.3) is 10.0 Å². The lowest BCUT2D eigenvalue weighted by molar-refractivity contribution is -0.119. The summed E-state index contributed by atoms with van der Waals surface area (Å²) in [4.78, 5) is 12.7. The molecular weight excluding hydrogens is 443 g/mol. The third kappa shape index (κ3) is 6.55. The molecule has 3 rings (SSSR count). The third-order valence-electron chi connectivity index (χ3n) is 4.98. The Morgan fingerprint density at radius 3 is 2.21 bits per heavy atom. The second-order valence-electron chi connectivity index (χ2n) is 7.48. The maximum absolute atomic E-state index is 13.4. The number of nitrogens with zero attached hydrogens (tertiary/aromatic N) is 1. The molecule has 3 aromatic rings. The molecule has 0 saturated heterocycles. The van der Waals surface area contributed by atoms with Crippen LogP contribution >= 0.6 is 0 Å². The Morgan fingerprint density at radius 2 is 1.61 bits per heavy atom. The number of carbonyl (C=O) groups is 1. The normalized spacial score (nSPS) is 11.1. The maximum atomic E-state index is 13.4. The van der Waals surface area contributed by atoms with Crippen molar-refractivity contribution in [2.75, 3.05) is 24.0 Å². The summed E-state index contributed by atoms with van der Waals surface area (Å²) < 4.78 is 46.4. The van der Waals surface area contributed by atoms with E-state index in [1.165, 1.54) is 24.3 Å². The average Bonchev–Trinajstić information content (AvgIpc) is 2.80. The minimum atomic E-state index is -4.00. The van der Waals surface area contributed by atoms with Crippen molar-refractivity contribution in [1.82, 2.24) is 5.32 Å². The molecule has 0 bridgehead atoms. The van der Waals surface area contributed by atoms with Gasteiger partial charge in [-0.05, 0) is 74.4 Å². The first-order valence-corrected chi connectivity index (χ1v) is 12.1. The number of ether oxygens (including phenoxy) is 1. The molecule has 0 aromatic heterocycles. The highest BCUT2D eigenvalue weighted by atomic mass is 32.2. The molecule has 0 unspecified atom stereocenters. The van der Waals surface area contributed by atoms with Crippen molar-refractivity contribution in [2.24, 2.45) is 0 Å². The zero-order valence-corrected chi connectivity index (χ0v) is 19.4. The fourth-order valence-electron chi connectivity index (χ4n) is 3.21. The van der Waals surface area contributed by atoms with Crippen molar-refractivity contribution < 1.29 is 22.3 Å². The summed E-state index contributed by atoms with van der Waals surface area (Å²) in [6.07, 6.45) is 0.502. The summed E-state index contributed by atoms with van der Waals surface area (Å²) in [7, 11) is -4.00. The summed E-state index contributed by atoms with van der Waals surface area (Å²) in [6, 6.07) is 19.1. The van der Waals surface area contributed by atoms with Crippen LogP contribution in [0.1, 0.15) is 18.1 Å². The molecule has 0 fully saturated rings. The minimum absolute atomic E-state index is 0.0608. The van der Waals surface area contributed by atoms with E-state index < -0.39 is 15.9 Å². The van der Waals surface area contributed by atoms with Gasteiger partial charge in [0.15, 0.2) is 0 Å². The van der Waals surface area contributed by atoms with Crippen molar-refractivity contribution in [3.63, 3.8) is 0 Å². The monoisotopic (exact) mass is 470 g/mol. The van der Waals surface area contributed by atoms with Crippen molar-refractivity contribution in [3.05, 3.63) is 89.7 Å². The van der Waals surface area contributed by atoms with Gasteiger partial charge in [-0.3, -0.25) is 9.10 Å². The molecule has 0 aliphatic rings. The Hall–Kier alpha value is -3.39. The van der Waals surface area contributed by atoms with E-state index in [0.29, 0.717) is 31.0 Å². The number of sulfonamides is 1. The number of anilines is 1. The van der Waals surface area contributed by atoms with Crippen LogP contribution in [0.3, 0.4) is 0 Å². The van der Waals surface area contributed by atoms with Gasteiger partial charge in [0, 0.05) is 6.54 Å². The lowest BCUT2D eigenvalue weighted by Gasteiger charge is -2.24. The molecule has 174 valence electrons. The van der Waals surface area contributed by atoms with Gasteiger partial charge in [-0.1, -0.05) is 29.8 Å². The first-order chi connectivity index (χ1) is 15.8. The zero-order chi connectivity index (χ0) is 23.8. The molecule has 0 aliphatic carbocycles. The van der Waals surface area contributed by atoms with Gasteiger partial charge in [0.1, 0.15) is 18.1 Å². The number of benzene rings is 3. The van der Waals surface area contributed by atoms with E-state index in [-0.39, 0.29) is 17.3 Å². The number of aryl methyl sites for hydroxylation is 1. The van der Waals surface area contributed by atoms with Crippen LogP contribution in [-0.2, 0) is 21.2 Å². The van der Waals surface area contributed by atoms with Crippen LogP contribution in [0.2, 0.25) is 0 Å². The number of rotatable bonds is 10. The second kappa shape index (κ2) is 11.0. The minimum Gasteiger partial charge on any atom is -0.494 e. The van der Waals surface area contributed by atoms with Gasteiger partial charge in [-0.15, -0.1) is 0 Å². The largest absolute Gasteiger partial charge is 0.494 e. The van der Waals surface area contributed by atoms with Crippen LogP contribution in [0.25, 0.3) is 0 Å². The number of halogens is 1. The van der Waals surface area contributed by atoms with Crippen molar-refractivity contribution in [2.45, 2.75) is 25.2 Å². The quantitative estimate of drug-likeness (QED) is 0.484. The molecule has 6 nitrogen and oxygen atoms in total. The lowest BCUT2D eigenvalue weighted by Crippen LogP contribution is -2.41. The fourth-order valence-corrected chi connectivity index (χ4v) is 4.63. The zero-order valence-electron chi connectivity index (χ0n) is 18.6. The molecule has 0 atom stereocenters.